The van der Waals surface area contributed by atoms with Gasteiger partial charge in [0.1, 0.15) is 4.83 Å². The molecular weight excluding hydrogens is 376 g/mol. The summed E-state index contributed by atoms with van der Waals surface area (Å²) in [5, 5.41) is 19.4. The molecule has 140 valence electrons. The predicted molar refractivity (Wildman–Crippen MR) is 110 cm³/mol. The summed E-state index contributed by atoms with van der Waals surface area (Å²) >= 11 is 3.07. The second-order valence-electron chi connectivity index (χ2n) is 6.96. The molecule has 27 heavy (non-hydrogen) atoms. The van der Waals surface area contributed by atoms with Crippen molar-refractivity contribution in [2.24, 2.45) is 11.8 Å². The number of aryl methyl sites for hydroxylation is 1. The number of nitrogens with zero attached hydrogens (tertiary/aromatic N) is 4. The first kappa shape index (κ1) is 19.7. The van der Waals surface area contributed by atoms with Gasteiger partial charge in [0, 0.05) is 23.6 Å². The van der Waals surface area contributed by atoms with Crippen LogP contribution in [0.15, 0.2) is 22.6 Å². The minimum atomic E-state index is -0.225. The minimum absolute atomic E-state index is 0.0000134. The van der Waals surface area contributed by atoms with Crippen molar-refractivity contribution in [2.75, 3.05) is 5.75 Å². The fourth-order valence-corrected chi connectivity index (χ4v) is 5.90. The van der Waals surface area contributed by atoms with E-state index in [2.05, 4.69) is 25.6 Å². The van der Waals surface area contributed by atoms with Crippen molar-refractivity contribution in [3.8, 4) is 12.1 Å². The van der Waals surface area contributed by atoms with Gasteiger partial charge in [-0.15, -0.1) is 17.9 Å². The summed E-state index contributed by atoms with van der Waals surface area (Å²) in [7, 11) is 0. The van der Waals surface area contributed by atoms with Gasteiger partial charge in [0.15, 0.2) is 5.16 Å². The van der Waals surface area contributed by atoms with Crippen molar-refractivity contribution >= 4 is 33.3 Å². The van der Waals surface area contributed by atoms with Crippen LogP contribution in [0, 0.1) is 34.5 Å². The summed E-state index contributed by atoms with van der Waals surface area (Å²) in [6.45, 7) is 6.43. The van der Waals surface area contributed by atoms with E-state index in [-0.39, 0.29) is 11.5 Å². The van der Waals surface area contributed by atoms with Crippen LogP contribution in [0.2, 0.25) is 0 Å². The predicted octanol–water partition coefficient (Wildman–Crippen LogP) is 4.30. The lowest BCUT2D eigenvalue weighted by molar-refractivity contribution is 0.509. The Hall–Kier alpha value is -2.09. The van der Waals surface area contributed by atoms with Crippen molar-refractivity contribution in [2.45, 2.75) is 50.7 Å². The highest BCUT2D eigenvalue weighted by molar-refractivity contribution is 7.99. The Bertz CT molecular complexity index is 993. The molecule has 0 aromatic carbocycles. The Morgan fingerprint density at radius 2 is 2.33 bits per heavy atom. The first-order valence-corrected chi connectivity index (χ1v) is 10.9. The number of allylic oxidation sites excluding steroid dienone is 1. The molecular formula is C20H22N4OS2. The fourth-order valence-electron chi connectivity index (χ4n) is 3.40. The highest BCUT2D eigenvalue weighted by Crippen LogP contribution is 2.36. The van der Waals surface area contributed by atoms with Crippen LogP contribution in [0.25, 0.3) is 10.2 Å². The number of hydrogen-bond donors (Lipinski definition) is 0. The van der Waals surface area contributed by atoms with Gasteiger partial charge in [-0.3, -0.25) is 9.36 Å². The summed E-state index contributed by atoms with van der Waals surface area (Å²) in [4.78, 5) is 20.1. The molecule has 0 unspecified atom stereocenters. The third-order valence-electron chi connectivity index (χ3n) is 4.89. The molecule has 7 heteroatoms. The lowest BCUT2D eigenvalue weighted by Gasteiger charge is -2.17. The zero-order chi connectivity index (χ0) is 19.4. The van der Waals surface area contributed by atoms with Crippen LogP contribution in [0.3, 0.4) is 0 Å². The molecule has 0 fully saturated rings. The van der Waals surface area contributed by atoms with E-state index >= 15 is 0 Å². The first-order chi connectivity index (χ1) is 13.1. The minimum Gasteiger partial charge on any atom is -0.283 e. The van der Waals surface area contributed by atoms with Crippen molar-refractivity contribution in [3.63, 3.8) is 0 Å². The van der Waals surface area contributed by atoms with Crippen LogP contribution in [0.5, 0.6) is 0 Å². The van der Waals surface area contributed by atoms with Gasteiger partial charge in [0.05, 0.1) is 23.4 Å². The summed E-state index contributed by atoms with van der Waals surface area (Å²) in [5.41, 5.74) is 1.18. The molecule has 5 nitrogen and oxygen atoms in total. The largest absolute Gasteiger partial charge is 0.283 e. The van der Waals surface area contributed by atoms with Crippen LogP contribution in [-0.4, -0.2) is 15.3 Å². The van der Waals surface area contributed by atoms with E-state index in [1.807, 2.05) is 0 Å². The molecule has 2 heterocycles. The second kappa shape index (κ2) is 8.73. The number of nitriles is 2. The van der Waals surface area contributed by atoms with Gasteiger partial charge in [-0.25, -0.2) is 4.98 Å². The Kier molecular flexibility index (Phi) is 6.36. The molecule has 2 aromatic heterocycles. The molecule has 0 radical (unpaired) electrons. The summed E-state index contributed by atoms with van der Waals surface area (Å²) in [5.74, 6) is 0.943. The van der Waals surface area contributed by atoms with Crippen molar-refractivity contribution in [1.29, 1.82) is 10.5 Å². The molecule has 0 bridgehead atoms. The molecule has 0 saturated heterocycles. The van der Waals surface area contributed by atoms with Crippen molar-refractivity contribution in [3.05, 3.63) is 33.4 Å². The number of hydrogen-bond acceptors (Lipinski definition) is 6. The van der Waals surface area contributed by atoms with Gasteiger partial charge in [-0.05, 0) is 37.2 Å². The lowest BCUT2D eigenvalue weighted by Crippen LogP contribution is -2.24. The Morgan fingerprint density at radius 1 is 1.52 bits per heavy atom. The molecule has 3 rings (SSSR count). The third kappa shape index (κ3) is 4.10. The van der Waals surface area contributed by atoms with Crippen molar-refractivity contribution < 1.29 is 0 Å². The number of fused-ring (bicyclic) bond motifs is 3. The smallest absolute Gasteiger partial charge is 0.263 e. The zero-order valence-electron chi connectivity index (χ0n) is 15.4. The quantitative estimate of drug-likeness (QED) is 0.394. The van der Waals surface area contributed by atoms with Gasteiger partial charge in [0.2, 0.25) is 0 Å². The van der Waals surface area contributed by atoms with E-state index in [1.54, 1.807) is 22.0 Å². The Balaban J connectivity index is 1.98. The molecule has 1 aliphatic rings. The van der Waals surface area contributed by atoms with E-state index in [1.165, 1.54) is 22.2 Å². The SMILES string of the molecule is C=CCn1c(SC[C@@H](C#N)CCC#N)nc2sc3c(c2c1=O)CC[C@@H](C)C3. The maximum absolute atomic E-state index is 13.2. The topological polar surface area (TPSA) is 82.5 Å². The molecule has 0 N–H and O–H groups in total. The molecule has 2 aromatic rings. The molecule has 1 aliphatic carbocycles. The molecule has 0 amide bonds. The number of thioether (sulfide) groups is 1. The van der Waals surface area contributed by atoms with E-state index < -0.39 is 0 Å². The highest BCUT2D eigenvalue weighted by Gasteiger charge is 2.24. The molecule has 0 aliphatic heterocycles. The molecule has 0 saturated carbocycles. The van der Waals surface area contributed by atoms with Crippen LogP contribution in [0.4, 0.5) is 0 Å². The van der Waals surface area contributed by atoms with E-state index in [4.69, 9.17) is 10.2 Å². The summed E-state index contributed by atoms with van der Waals surface area (Å²) < 4.78 is 1.67. The number of thiophene rings is 1. The van der Waals surface area contributed by atoms with Crippen molar-refractivity contribution in [1.82, 2.24) is 9.55 Å². The fraction of sp³-hybridized carbons (Fsp3) is 0.500. The van der Waals surface area contributed by atoms with Crippen LogP contribution in [-0.2, 0) is 19.4 Å². The second-order valence-corrected chi connectivity index (χ2v) is 9.04. The monoisotopic (exact) mass is 398 g/mol. The third-order valence-corrected chi connectivity index (χ3v) is 7.18. The van der Waals surface area contributed by atoms with Gasteiger partial charge >= 0.3 is 0 Å². The zero-order valence-corrected chi connectivity index (χ0v) is 17.0. The van der Waals surface area contributed by atoms with Gasteiger partial charge < -0.3 is 0 Å². The standard InChI is InChI=1S/C20H22N4OS2/c1-3-9-24-19(25)17-15-7-6-13(2)10-16(15)27-18(17)23-20(24)26-12-14(11-22)5-4-8-21/h3,13-14H,1,4-7,9-10,12H2,2H3/t13-,14-/m1/s1. The summed E-state index contributed by atoms with van der Waals surface area (Å²) in [6, 6.07) is 4.33. The average Bonchev–Trinajstić information content (AvgIpc) is 3.02. The van der Waals surface area contributed by atoms with E-state index in [0.29, 0.717) is 36.2 Å². The maximum atomic E-state index is 13.2. The molecule has 0 spiro atoms. The van der Waals surface area contributed by atoms with E-state index in [0.717, 1.165) is 29.5 Å². The van der Waals surface area contributed by atoms with Crippen LogP contribution >= 0.6 is 23.1 Å². The van der Waals surface area contributed by atoms with Crippen LogP contribution in [0.1, 0.15) is 36.6 Å². The lowest BCUT2D eigenvalue weighted by atomic mass is 9.89. The Morgan fingerprint density at radius 3 is 3.04 bits per heavy atom. The first-order valence-electron chi connectivity index (χ1n) is 9.14. The summed E-state index contributed by atoms with van der Waals surface area (Å²) in [6.07, 6.45) is 5.68. The molecule has 2 atom stereocenters. The average molecular weight is 399 g/mol. The Labute approximate surface area is 167 Å². The highest BCUT2D eigenvalue weighted by atomic mass is 32.2. The van der Waals surface area contributed by atoms with Crippen LogP contribution < -0.4 is 5.56 Å². The normalized spacial score (nSPS) is 17.1. The maximum Gasteiger partial charge on any atom is 0.263 e. The van der Waals surface area contributed by atoms with E-state index in [9.17, 15) is 10.1 Å². The number of aromatic nitrogens is 2. The van der Waals surface area contributed by atoms with Gasteiger partial charge in [-0.1, -0.05) is 24.8 Å². The number of rotatable bonds is 7. The van der Waals surface area contributed by atoms with Gasteiger partial charge in [0.25, 0.3) is 5.56 Å². The van der Waals surface area contributed by atoms with Gasteiger partial charge in [-0.2, -0.15) is 10.5 Å².